The summed E-state index contributed by atoms with van der Waals surface area (Å²) in [5.74, 6) is 0. The lowest BCUT2D eigenvalue weighted by Gasteiger charge is -2.22. The topological polar surface area (TPSA) is 61.8 Å². The van der Waals surface area contributed by atoms with Crippen LogP contribution in [0.25, 0.3) is 0 Å². The van der Waals surface area contributed by atoms with E-state index in [1.807, 2.05) is 19.9 Å². The maximum Gasteiger partial charge on any atom is 0.296 e. The highest BCUT2D eigenvalue weighted by atomic mass is 32.2. The van der Waals surface area contributed by atoms with Crippen LogP contribution in [0.15, 0.2) is 53.7 Å². The Hall–Kier alpha value is -1.63. The molecule has 0 saturated carbocycles. The minimum atomic E-state index is -3.73. The van der Waals surface area contributed by atoms with Gasteiger partial charge in [-0.1, -0.05) is 30.7 Å². The second kappa shape index (κ2) is 8.29. The van der Waals surface area contributed by atoms with Crippen LogP contribution in [0.2, 0.25) is 0 Å². The molecule has 0 aliphatic carbocycles. The van der Waals surface area contributed by atoms with Crippen LogP contribution in [0, 0.1) is 6.92 Å². The van der Waals surface area contributed by atoms with Crippen molar-refractivity contribution in [1.82, 2.24) is 0 Å². The zero-order chi connectivity index (χ0) is 16.7. The van der Waals surface area contributed by atoms with Crippen molar-refractivity contribution in [3.8, 4) is 0 Å². The molecule has 1 aromatic rings. The molecule has 0 aromatic heterocycles. The van der Waals surface area contributed by atoms with E-state index in [1.165, 1.54) is 0 Å². The van der Waals surface area contributed by atoms with E-state index in [2.05, 4.69) is 0 Å². The summed E-state index contributed by atoms with van der Waals surface area (Å²) in [4.78, 5) is 0.167. The summed E-state index contributed by atoms with van der Waals surface area (Å²) < 4.78 is 40.3. The molecule has 0 N–H and O–H groups in total. The third kappa shape index (κ3) is 5.49. The molecule has 0 radical (unpaired) electrons. The number of rotatable bonds is 8. The second-order valence-corrected chi connectivity index (χ2v) is 6.88. The number of aryl methyl sites for hydroxylation is 1. The Bertz CT molecular complexity index is 646. The summed E-state index contributed by atoms with van der Waals surface area (Å²) in [6, 6.07) is 6.58. The van der Waals surface area contributed by atoms with Gasteiger partial charge >= 0.3 is 0 Å². The quantitative estimate of drug-likeness (QED) is 0.681. The Morgan fingerprint density at radius 1 is 1.22 bits per heavy atom. The fraction of sp³-hybridized carbons (Fsp3) is 0.412. The summed E-state index contributed by atoms with van der Waals surface area (Å²) >= 11 is 0. The summed E-state index contributed by atoms with van der Waals surface area (Å²) in [6.07, 6.45) is 7.63. The van der Waals surface area contributed by atoms with Crippen LogP contribution >= 0.6 is 0 Å². The van der Waals surface area contributed by atoms with E-state index in [4.69, 9.17) is 13.7 Å². The molecule has 1 aliphatic rings. The predicted molar refractivity (Wildman–Crippen MR) is 87.3 cm³/mol. The molecule has 0 amide bonds. The van der Waals surface area contributed by atoms with Crippen LogP contribution in [-0.4, -0.2) is 27.4 Å². The largest absolute Gasteiger partial charge is 0.469 e. The molecule has 126 valence electrons. The molecule has 23 heavy (non-hydrogen) atoms. The molecule has 0 fully saturated rings. The first-order valence-corrected chi connectivity index (χ1v) is 9.02. The molecule has 2 atom stereocenters. The molecular weight excluding hydrogens is 316 g/mol. The Morgan fingerprint density at radius 3 is 2.57 bits per heavy atom. The van der Waals surface area contributed by atoms with Gasteiger partial charge in [0.15, 0.2) is 0 Å². The maximum absolute atomic E-state index is 12.1. The van der Waals surface area contributed by atoms with Crippen molar-refractivity contribution in [3.05, 3.63) is 54.3 Å². The number of hydrogen-bond acceptors (Lipinski definition) is 5. The van der Waals surface area contributed by atoms with E-state index < -0.39 is 16.4 Å². The Balaban J connectivity index is 1.83. The van der Waals surface area contributed by atoms with Crippen molar-refractivity contribution in [2.75, 3.05) is 6.61 Å². The van der Waals surface area contributed by atoms with E-state index in [-0.39, 0.29) is 17.6 Å². The van der Waals surface area contributed by atoms with Crippen molar-refractivity contribution in [2.45, 2.75) is 44.0 Å². The van der Waals surface area contributed by atoms with Gasteiger partial charge < -0.3 is 9.47 Å². The first kappa shape index (κ1) is 17.7. The molecular formula is C17H22O5S. The monoisotopic (exact) mass is 338 g/mol. The highest BCUT2D eigenvalue weighted by Crippen LogP contribution is 2.16. The molecule has 1 heterocycles. The molecule has 2 unspecified atom stereocenters. The highest BCUT2D eigenvalue weighted by Gasteiger charge is 2.18. The molecule has 1 aliphatic heterocycles. The molecule has 2 rings (SSSR count). The molecule has 0 bridgehead atoms. The molecule has 5 nitrogen and oxygen atoms in total. The molecule has 6 heteroatoms. The first-order valence-electron chi connectivity index (χ1n) is 7.61. The average molecular weight is 338 g/mol. The van der Waals surface area contributed by atoms with Crippen LogP contribution in [0.4, 0.5) is 0 Å². The van der Waals surface area contributed by atoms with Crippen LogP contribution in [0.1, 0.15) is 25.3 Å². The van der Waals surface area contributed by atoms with Crippen molar-refractivity contribution >= 4 is 10.1 Å². The standard InChI is InChI=1S/C17H22O5S/c1-3-15(22-17-6-4-5-12-20-17)11-13-21-23(18,19)16-9-7-14(2)8-10-16/h4-10,12,15,17H,3,11,13H2,1-2H3. The van der Waals surface area contributed by atoms with Crippen molar-refractivity contribution in [1.29, 1.82) is 0 Å². The minimum Gasteiger partial charge on any atom is -0.469 e. The van der Waals surface area contributed by atoms with Gasteiger partial charge in [-0.05, 0) is 44.1 Å². The van der Waals surface area contributed by atoms with Crippen molar-refractivity contribution in [2.24, 2.45) is 0 Å². The van der Waals surface area contributed by atoms with Crippen LogP contribution < -0.4 is 0 Å². The summed E-state index contributed by atoms with van der Waals surface area (Å²) in [7, 11) is -3.73. The molecule has 1 aromatic carbocycles. The van der Waals surface area contributed by atoms with Crippen LogP contribution in [0.5, 0.6) is 0 Å². The molecule has 0 saturated heterocycles. The molecule has 0 spiro atoms. The van der Waals surface area contributed by atoms with E-state index in [0.717, 1.165) is 12.0 Å². The van der Waals surface area contributed by atoms with Crippen molar-refractivity contribution in [3.63, 3.8) is 0 Å². The van der Waals surface area contributed by atoms with Gasteiger partial charge in [0.2, 0.25) is 6.29 Å². The van der Waals surface area contributed by atoms with Gasteiger partial charge in [0.25, 0.3) is 10.1 Å². The lowest BCUT2D eigenvalue weighted by molar-refractivity contribution is -0.117. The van der Waals surface area contributed by atoms with Crippen LogP contribution in [0.3, 0.4) is 0 Å². The predicted octanol–water partition coefficient (Wildman–Crippen LogP) is 3.31. The Kier molecular flexibility index (Phi) is 6.38. The van der Waals surface area contributed by atoms with Crippen molar-refractivity contribution < 1.29 is 22.1 Å². The van der Waals surface area contributed by atoms with E-state index in [9.17, 15) is 8.42 Å². The summed E-state index contributed by atoms with van der Waals surface area (Å²) in [6.45, 7) is 3.94. The maximum atomic E-state index is 12.1. The van der Waals surface area contributed by atoms with E-state index in [0.29, 0.717) is 6.42 Å². The van der Waals surface area contributed by atoms with E-state index >= 15 is 0 Å². The SMILES string of the molecule is CCC(CCOS(=O)(=O)c1ccc(C)cc1)OC1C=CC=CO1. The average Bonchev–Trinajstić information content (AvgIpc) is 2.55. The Labute approximate surface area is 137 Å². The van der Waals surface area contributed by atoms with Gasteiger partial charge in [-0.15, -0.1) is 0 Å². The lowest BCUT2D eigenvalue weighted by atomic mass is 10.2. The zero-order valence-electron chi connectivity index (χ0n) is 13.3. The van der Waals surface area contributed by atoms with Gasteiger partial charge in [0.05, 0.1) is 23.9 Å². The fourth-order valence-electron chi connectivity index (χ4n) is 2.07. The number of benzene rings is 1. The van der Waals surface area contributed by atoms with Gasteiger partial charge in [-0.2, -0.15) is 8.42 Å². The fourth-order valence-corrected chi connectivity index (χ4v) is 2.99. The third-order valence-electron chi connectivity index (χ3n) is 3.44. The smallest absolute Gasteiger partial charge is 0.296 e. The summed E-state index contributed by atoms with van der Waals surface area (Å²) in [5, 5.41) is 0. The normalized spacial score (nSPS) is 18.6. The third-order valence-corrected chi connectivity index (χ3v) is 4.77. The highest BCUT2D eigenvalue weighted by molar-refractivity contribution is 7.86. The van der Waals surface area contributed by atoms with Gasteiger partial charge in [-0.25, -0.2) is 0 Å². The summed E-state index contributed by atoms with van der Waals surface area (Å²) in [5.41, 5.74) is 0.998. The number of hydrogen-bond donors (Lipinski definition) is 0. The second-order valence-electron chi connectivity index (χ2n) is 5.26. The van der Waals surface area contributed by atoms with Crippen LogP contribution in [-0.2, 0) is 23.8 Å². The number of allylic oxidation sites excluding steroid dienone is 2. The Morgan fingerprint density at radius 2 is 1.96 bits per heavy atom. The zero-order valence-corrected chi connectivity index (χ0v) is 14.2. The van der Waals surface area contributed by atoms with Gasteiger partial charge in [0, 0.05) is 0 Å². The van der Waals surface area contributed by atoms with Gasteiger partial charge in [0.1, 0.15) is 0 Å². The lowest BCUT2D eigenvalue weighted by Crippen LogP contribution is -2.24. The van der Waals surface area contributed by atoms with E-state index in [1.54, 1.807) is 42.7 Å². The first-order chi connectivity index (χ1) is 11.0. The van der Waals surface area contributed by atoms with Gasteiger partial charge in [-0.3, -0.25) is 4.18 Å². The minimum absolute atomic E-state index is 0.0704. The number of ether oxygens (including phenoxy) is 2.